The van der Waals surface area contributed by atoms with Gasteiger partial charge in [-0.3, -0.25) is 9.59 Å². The van der Waals surface area contributed by atoms with E-state index in [1.54, 1.807) is 0 Å². The van der Waals surface area contributed by atoms with Gasteiger partial charge in [-0.25, -0.2) is 4.39 Å². The number of hydrogen-bond donors (Lipinski definition) is 3. The first-order valence-electron chi connectivity index (χ1n) is 4.63. The number of benzene rings is 1. The number of anilines is 1. The Kier molecular flexibility index (Phi) is 4.42. The van der Waals surface area contributed by atoms with E-state index in [1.165, 1.54) is 12.1 Å². The van der Waals surface area contributed by atoms with Crippen LogP contribution in [0.3, 0.4) is 0 Å². The van der Waals surface area contributed by atoms with Gasteiger partial charge in [-0.1, -0.05) is 11.6 Å². The van der Waals surface area contributed by atoms with Crippen LogP contribution in [-0.4, -0.2) is 23.0 Å². The van der Waals surface area contributed by atoms with Crippen molar-refractivity contribution in [2.45, 2.75) is 12.5 Å². The number of rotatable bonds is 4. The molecule has 0 spiro atoms. The van der Waals surface area contributed by atoms with E-state index in [9.17, 15) is 14.0 Å². The molecule has 0 aliphatic heterocycles. The third-order valence-corrected chi connectivity index (χ3v) is 2.15. The van der Waals surface area contributed by atoms with Crippen LogP contribution in [0.5, 0.6) is 0 Å². The van der Waals surface area contributed by atoms with Crippen LogP contribution in [0.2, 0.25) is 5.02 Å². The summed E-state index contributed by atoms with van der Waals surface area (Å²) in [6.45, 7) is 0. The summed E-state index contributed by atoms with van der Waals surface area (Å²) in [4.78, 5) is 21.7. The first kappa shape index (κ1) is 13.4. The summed E-state index contributed by atoms with van der Waals surface area (Å²) in [6, 6.07) is 2.37. The Balaban J connectivity index is 2.73. The third kappa shape index (κ3) is 4.01. The molecule has 0 fully saturated rings. The van der Waals surface area contributed by atoms with Crippen molar-refractivity contribution in [3.05, 3.63) is 29.0 Å². The van der Waals surface area contributed by atoms with Gasteiger partial charge >= 0.3 is 5.97 Å². The Morgan fingerprint density at radius 2 is 2.18 bits per heavy atom. The van der Waals surface area contributed by atoms with Gasteiger partial charge < -0.3 is 16.2 Å². The lowest BCUT2D eigenvalue weighted by Crippen LogP contribution is -2.37. The number of carboxylic acids is 1. The predicted molar refractivity (Wildman–Crippen MR) is 60.3 cm³/mol. The van der Waals surface area contributed by atoms with Gasteiger partial charge in [0.05, 0.1) is 18.2 Å². The summed E-state index contributed by atoms with van der Waals surface area (Å²) in [6.07, 6.45) is -0.534. The molecule has 17 heavy (non-hydrogen) atoms. The average Bonchev–Trinajstić information content (AvgIpc) is 2.22. The van der Waals surface area contributed by atoms with Crippen molar-refractivity contribution in [2.75, 3.05) is 5.32 Å². The molecule has 1 rings (SSSR count). The van der Waals surface area contributed by atoms with E-state index in [2.05, 4.69) is 5.32 Å². The van der Waals surface area contributed by atoms with E-state index in [1.807, 2.05) is 0 Å². The van der Waals surface area contributed by atoms with Crippen LogP contribution in [0.25, 0.3) is 0 Å². The minimum Gasteiger partial charge on any atom is -0.481 e. The molecular formula is C10H10ClFN2O3. The maximum absolute atomic E-state index is 13.2. The number of amides is 1. The molecule has 1 aromatic carbocycles. The molecule has 0 aliphatic carbocycles. The standard InChI is InChI=1S/C10H10ClFN2O3/c11-5-1-2-6(12)8(3-5)14-10(17)7(13)4-9(15)16/h1-3,7H,4,13H2,(H,14,17)(H,15,16). The summed E-state index contributed by atoms with van der Waals surface area (Å²) in [7, 11) is 0. The van der Waals surface area contributed by atoms with E-state index in [0.717, 1.165) is 6.07 Å². The molecule has 0 saturated carbocycles. The molecule has 0 saturated heterocycles. The topological polar surface area (TPSA) is 92.4 Å². The Bertz CT molecular complexity index is 453. The summed E-state index contributed by atoms with van der Waals surface area (Å²) < 4.78 is 13.2. The minimum absolute atomic E-state index is 0.136. The highest BCUT2D eigenvalue weighted by Gasteiger charge is 2.18. The van der Waals surface area contributed by atoms with Gasteiger partial charge in [0.2, 0.25) is 5.91 Å². The number of nitrogens with two attached hydrogens (primary N) is 1. The van der Waals surface area contributed by atoms with Gasteiger partial charge in [0.25, 0.3) is 0 Å². The van der Waals surface area contributed by atoms with Gasteiger partial charge in [-0.05, 0) is 18.2 Å². The van der Waals surface area contributed by atoms with Crippen molar-refractivity contribution < 1.29 is 19.1 Å². The van der Waals surface area contributed by atoms with Gasteiger partial charge in [-0.2, -0.15) is 0 Å². The quantitative estimate of drug-likeness (QED) is 0.759. The molecule has 5 nitrogen and oxygen atoms in total. The highest BCUT2D eigenvalue weighted by Crippen LogP contribution is 2.19. The second-order valence-electron chi connectivity index (χ2n) is 3.32. The van der Waals surface area contributed by atoms with Crippen LogP contribution < -0.4 is 11.1 Å². The first-order chi connectivity index (χ1) is 7.90. The van der Waals surface area contributed by atoms with Crippen LogP contribution in [0, 0.1) is 5.82 Å². The minimum atomic E-state index is -1.24. The fourth-order valence-corrected chi connectivity index (χ4v) is 1.27. The molecule has 1 atom stereocenters. The second-order valence-corrected chi connectivity index (χ2v) is 3.75. The highest BCUT2D eigenvalue weighted by atomic mass is 35.5. The lowest BCUT2D eigenvalue weighted by atomic mass is 10.2. The second kappa shape index (κ2) is 5.60. The normalized spacial score (nSPS) is 11.9. The Labute approximate surface area is 101 Å². The highest BCUT2D eigenvalue weighted by molar-refractivity contribution is 6.30. The Morgan fingerprint density at radius 1 is 1.53 bits per heavy atom. The van der Waals surface area contributed by atoms with Crippen LogP contribution in [0.1, 0.15) is 6.42 Å². The van der Waals surface area contributed by atoms with Crippen molar-refractivity contribution in [3.8, 4) is 0 Å². The average molecular weight is 261 g/mol. The van der Waals surface area contributed by atoms with Gasteiger partial charge in [0.1, 0.15) is 5.82 Å². The van der Waals surface area contributed by atoms with Crippen molar-refractivity contribution in [2.24, 2.45) is 5.73 Å². The molecule has 4 N–H and O–H groups in total. The van der Waals surface area contributed by atoms with E-state index < -0.39 is 30.2 Å². The molecule has 0 radical (unpaired) electrons. The number of hydrogen-bond acceptors (Lipinski definition) is 3. The molecule has 0 aliphatic rings. The van der Waals surface area contributed by atoms with Crippen molar-refractivity contribution >= 4 is 29.2 Å². The number of carboxylic acid groups (broad SMARTS) is 1. The Hall–Kier alpha value is -1.66. The van der Waals surface area contributed by atoms with Crippen molar-refractivity contribution in [1.29, 1.82) is 0 Å². The van der Waals surface area contributed by atoms with Crippen LogP contribution in [0.15, 0.2) is 18.2 Å². The fraction of sp³-hybridized carbons (Fsp3) is 0.200. The summed E-state index contributed by atoms with van der Waals surface area (Å²) >= 11 is 5.62. The molecule has 1 aromatic rings. The molecule has 0 bridgehead atoms. The number of aliphatic carboxylic acids is 1. The fourth-order valence-electron chi connectivity index (χ4n) is 1.10. The molecule has 0 heterocycles. The van der Waals surface area contributed by atoms with Crippen LogP contribution in [0.4, 0.5) is 10.1 Å². The molecule has 7 heteroatoms. The van der Waals surface area contributed by atoms with Gasteiger partial charge in [-0.15, -0.1) is 0 Å². The van der Waals surface area contributed by atoms with E-state index >= 15 is 0 Å². The summed E-state index contributed by atoms with van der Waals surface area (Å²) in [5.41, 5.74) is 5.17. The number of carbonyl (C=O) groups excluding carboxylic acids is 1. The largest absolute Gasteiger partial charge is 0.481 e. The van der Waals surface area contributed by atoms with Gasteiger partial charge in [0.15, 0.2) is 0 Å². The SMILES string of the molecule is NC(CC(=O)O)C(=O)Nc1cc(Cl)ccc1F. The van der Waals surface area contributed by atoms with Gasteiger partial charge in [0, 0.05) is 5.02 Å². The number of halogens is 2. The van der Waals surface area contributed by atoms with E-state index in [4.69, 9.17) is 22.4 Å². The van der Waals surface area contributed by atoms with Crippen LogP contribution in [-0.2, 0) is 9.59 Å². The van der Waals surface area contributed by atoms with Crippen molar-refractivity contribution in [1.82, 2.24) is 0 Å². The predicted octanol–water partition coefficient (Wildman–Crippen LogP) is 1.22. The van der Waals surface area contributed by atoms with E-state index in [-0.39, 0.29) is 10.7 Å². The maximum atomic E-state index is 13.2. The summed E-state index contributed by atoms with van der Waals surface area (Å²) in [5, 5.41) is 10.9. The monoisotopic (exact) mass is 260 g/mol. The number of nitrogens with one attached hydrogen (secondary N) is 1. The van der Waals surface area contributed by atoms with Crippen LogP contribution >= 0.6 is 11.6 Å². The maximum Gasteiger partial charge on any atom is 0.305 e. The zero-order chi connectivity index (χ0) is 13.0. The molecule has 92 valence electrons. The smallest absolute Gasteiger partial charge is 0.305 e. The number of carbonyl (C=O) groups is 2. The molecule has 0 aromatic heterocycles. The summed E-state index contributed by atoms with van der Waals surface area (Å²) in [5.74, 6) is -2.67. The zero-order valence-corrected chi connectivity index (χ0v) is 9.37. The lowest BCUT2D eigenvalue weighted by Gasteiger charge is -2.10. The third-order valence-electron chi connectivity index (χ3n) is 1.92. The zero-order valence-electron chi connectivity index (χ0n) is 8.61. The Morgan fingerprint density at radius 3 is 2.76 bits per heavy atom. The lowest BCUT2D eigenvalue weighted by molar-refractivity contribution is -0.138. The molecule has 1 amide bonds. The molecular weight excluding hydrogens is 251 g/mol. The first-order valence-corrected chi connectivity index (χ1v) is 5.01. The molecule has 1 unspecified atom stereocenters. The van der Waals surface area contributed by atoms with E-state index in [0.29, 0.717) is 0 Å². The van der Waals surface area contributed by atoms with Crippen molar-refractivity contribution in [3.63, 3.8) is 0 Å².